The third-order valence-electron chi connectivity index (χ3n) is 3.90. The number of carbonyl (C=O) groups is 2. The van der Waals surface area contributed by atoms with Crippen molar-refractivity contribution < 1.29 is 23.8 Å². The van der Waals surface area contributed by atoms with Crippen LogP contribution in [0.5, 0.6) is 0 Å². The molecule has 3 aromatic rings. The van der Waals surface area contributed by atoms with Crippen LogP contribution in [0.3, 0.4) is 0 Å². The van der Waals surface area contributed by atoms with Crippen LogP contribution in [0.2, 0.25) is 0 Å². The largest absolute Gasteiger partial charge is 0.460 e. The highest BCUT2D eigenvalue weighted by atomic mass is 16.7. The van der Waals surface area contributed by atoms with Crippen molar-refractivity contribution in [2.45, 2.75) is 0 Å². The summed E-state index contributed by atoms with van der Waals surface area (Å²) in [5.41, 5.74) is 0.511. The molecule has 3 aromatic carbocycles. The predicted molar refractivity (Wildman–Crippen MR) is 98.8 cm³/mol. The number of ether oxygens (including phenoxy) is 3. The number of fused-ring (bicyclic) bond motifs is 3. The molecule has 0 saturated carbocycles. The molecular formula is C21H18O5. The van der Waals surface area contributed by atoms with Crippen molar-refractivity contribution in [1.82, 2.24) is 0 Å². The topological polar surface area (TPSA) is 61.8 Å². The van der Waals surface area contributed by atoms with E-state index in [4.69, 9.17) is 9.47 Å². The maximum atomic E-state index is 12.5. The van der Waals surface area contributed by atoms with E-state index in [0.29, 0.717) is 5.56 Å². The first kappa shape index (κ1) is 17.6. The first-order valence-corrected chi connectivity index (χ1v) is 8.15. The summed E-state index contributed by atoms with van der Waals surface area (Å²) in [6.07, 6.45) is 1.05. The molecule has 0 spiro atoms. The number of benzene rings is 3. The molecule has 3 rings (SSSR count). The van der Waals surface area contributed by atoms with Gasteiger partial charge in [0, 0.05) is 6.08 Å². The zero-order valence-electron chi connectivity index (χ0n) is 14.1. The second-order valence-electron chi connectivity index (χ2n) is 5.52. The summed E-state index contributed by atoms with van der Waals surface area (Å²) >= 11 is 0. The van der Waals surface area contributed by atoms with Gasteiger partial charge in [-0.05, 0) is 27.6 Å². The zero-order chi connectivity index (χ0) is 18.4. The lowest BCUT2D eigenvalue weighted by Gasteiger charge is -2.11. The van der Waals surface area contributed by atoms with Crippen LogP contribution in [-0.2, 0) is 19.0 Å². The number of hydrogen-bond acceptors (Lipinski definition) is 5. The number of hydrogen-bond donors (Lipinski definition) is 0. The minimum atomic E-state index is -0.565. The third-order valence-corrected chi connectivity index (χ3v) is 3.90. The van der Waals surface area contributed by atoms with Gasteiger partial charge >= 0.3 is 11.9 Å². The summed E-state index contributed by atoms with van der Waals surface area (Å²) in [5.74, 6) is -0.983. The average molecular weight is 350 g/mol. The van der Waals surface area contributed by atoms with Crippen LogP contribution in [-0.4, -0.2) is 31.9 Å². The van der Waals surface area contributed by atoms with Gasteiger partial charge in [-0.2, -0.15) is 0 Å². The molecule has 26 heavy (non-hydrogen) atoms. The van der Waals surface area contributed by atoms with E-state index in [9.17, 15) is 9.59 Å². The van der Waals surface area contributed by atoms with Crippen LogP contribution in [0.4, 0.5) is 0 Å². The van der Waals surface area contributed by atoms with E-state index in [2.05, 4.69) is 11.3 Å². The van der Waals surface area contributed by atoms with E-state index >= 15 is 0 Å². The molecule has 0 saturated heterocycles. The van der Waals surface area contributed by atoms with Crippen molar-refractivity contribution in [3.8, 4) is 0 Å². The first-order chi connectivity index (χ1) is 12.7. The van der Waals surface area contributed by atoms with Gasteiger partial charge in [0.25, 0.3) is 0 Å². The molecule has 0 radical (unpaired) electrons. The van der Waals surface area contributed by atoms with Gasteiger partial charge in [-0.25, -0.2) is 9.59 Å². The van der Waals surface area contributed by atoms with Gasteiger partial charge < -0.3 is 14.2 Å². The van der Waals surface area contributed by atoms with Crippen LogP contribution in [0.1, 0.15) is 10.4 Å². The van der Waals surface area contributed by atoms with Crippen molar-refractivity contribution in [1.29, 1.82) is 0 Å². The van der Waals surface area contributed by atoms with Crippen molar-refractivity contribution >= 4 is 33.5 Å². The Labute approximate surface area is 150 Å². The predicted octanol–water partition coefficient (Wildman–Crippen LogP) is 3.85. The minimum Gasteiger partial charge on any atom is -0.460 e. The summed E-state index contributed by atoms with van der Waals surface area (Å²) in [6.45, 7) is 3.26. The van der Waals surface area contributed by atoms with Crippen LogP contribution in [0.15, 0.2) is 67.3 Å². The molecule has 0 amide bonds. The fourth-order valence-corrected chi connectivity index (χ4v) is 2.71. The molecule has 0 aliphatic rings. The molecule has 132 valence electrons. The Morgan fingerprint density at radius 3 is 2.35 bits per heavy atom. The fraction of sp³-hybridized carbons (Fsp3) is 0.143. The van der Waals surface area contributed by atoms with Crippen molar-refractivity contribution in [2.75, 3.05) is 20.0 Å². The van der Waals surface area contributed by atoms with E-state index in [0.717, 1.165) is 27.6 Å². The maximum Gasteiger partial charge on any atom is 0.338 e. The van der Waals surface area contributed by atoms with Crippen LogP contribution in [0.25, 0.3) is 21.5 Å². The van der Waals surface area contributed by atoms with Gasteiger partial charge in [0.1, 0.15) is 6.61 Å². The average Bonchev–Trinajstić information content (AvgIpc) is 2.69. The second kappa shape index (κ2) is 8.27. The molecular weight excluding hydrogens is 332 g/mol. The molecule has 0 bridgehead atoms. The van der Waals surface area contributed by atoms with E-state index in [1.807, 2.05) is 54.6 Å². The van der Waals surface area contributed by atoms with E-state index in [1.54, 1.807) is 0 Å². The fourth-order valence-electron chi connectivity index (χ4n) is 2.71. The van der Waals surface area contributed by atoms with Crippen LogP contribution < -0.4 is 0 Å². The molecule has 5 heteroatoms. The molecule has 0 fully saturated rings. The molecule has 5 nitrogen and oxygen atoms in total. The lowest BCUT2D eigenvalue weighted by molar-refractivity contribution is -0.150. The van der Waals surface area contributed by atoms with Gasteiger partial charge in [-0.3, -0.25) is 0 Å². The second-order valence-corrected chi connectivity index (χ2v) is 5.52. The molecule has 0 unspecified atom stereocenters. The van der Waals surface area contributed by atoms with Crippen molar-refractivity contribution in [3.05, 3.63) is 72.8 Å². The first-order valence-electron chi connectivity index (χ1n) is 8.15. The normalized spacial score (nSPS) is 10.6. The lowest BCUT2D eigenvalue weighted by Crippen LogP contribution is -2.13. The van der Waals surface area contributed by atoms with Gasteiger partial charge in [0.15, 0.2) is 6.79 Å². The quantitative estimate of drug-likeness (QED) is 0.213. The van der Waals surface area contributed by atoms with Crippen molar-refractivity contribution in [3.63, 3.8) is 0 Å². The molecule has 0 aliphatic carbocycles. The SMILES string of the molecule is C=CC(=O)OCOCCOC(=O)c1cc2ccccc2c2ccccc12. The lowest BCUT2D eigenvalue weighted by atomic mass is 9.97. The monoisotopic (exact) mass is 350 g/mol. The van der Waals surface area contributed by atoms with Crippen molar-refractivity contribution in [2.24, 2.45) is 0 Å². The summed E-state index contributed by atoms with van der Waals surface area (Å²) in [6, 6.07) is 17.5. The maximum absolute atomic E-state index is 12.5. The standard InChI is InChI=1S/C21H18O5/c1-2-20(22)26-14-24-11-12-25-21(23)19-13-15-7-3-4-8-16(15)17-9-5-6-10-18(17)19/h2-10,13H,1,11-12,14H2. The number of carbonyl (C=O) groups excluding carboxylic acids is 2. The summed E-state index contributed by atoms with van der Waals surface area (Å²) in [5, 5.41) is 3.92. The Bertz CT molecular complexity index is 961. The minimum absolute atomic E-state index is 0.0611. The summed E-state index contributed by atoms with van der Waals surface area (Å²) < 4.78 is 15.0. The molecule has 0 aromatic heterocycles. The Morgan fingerprint density at radius 1 is 0.885 bits per heavy atom. The van der Waals surface area contributed by atoms with E-state index in [1.165, 1.54) is 0 Å². The van der Waals surface area contributed by atoms with Crippen LogP contribution >= 0.6 is 0 Å². The van der Waals surface area contributed by atoms with E-state index < -0.39 is 11.9 Å². The third kappa shape index (κ3) is 3.90. The van der Waals surface area contributed by atoms with Gasteiger partial charge in [-0.1, -0.05) is 55.1 Å². The highest BCUT2D eigenvalue weighted by molar-refractivity contribution is 6.15. The molecule has 0 heterocycles. The molecule has 0 N–H and O–H groups in total. The van der Waals surface area contributed by atoms with E-state index in [-0.39, 0.29) is 20.0 Å². The highest BCUT2D eigenvalue weighted by Gasteiger charge is 2.14. The van der Waals surface area contributed by atoms with Gasteiger partial charge in [0.2, 0.25) is 0 Å². The summed E-state index contributed by atoms with van der Waals surface area (Å²) in [7, 11) is 0. The Hall–Kier alpha value is -3.18. The molecule has 0 aliphatic heterocycles. The number of esters is 2. The Morgan fingerprint density at radius 2 is 1.58 bits per heavy atom. The Kier molecular flexibility index (Phi) is 5.61. The van der Waals surface area contributed by atoms with Gasteiger partial charge in [0.05, 0.1) is 12.2 Å². The molecule has 0 atom stereocenters. The Balaban J connectivity index is 1.70. The smallest absolute Gasteiger partial charge is 0.338 e. The zero-order valence-corrected chi connectivity index (χ0v) is 14.1. The summed E-state index contributed by atoms with van der Waals surface area (Å²) in [4.78, 5) is 23.4. The highest BCUT2D eigenvalue weighted by Crippen LogP contribution is 2.29. The number of rotatable bonds is 7. The van der Waals surface area contributed by atoms with Gasteiger partial charge in [-0.15, -0.1) is 0 Å². The van der Waals surface area contributed by atoms with Crippen LogP contribution in [0, 0.1) is 0 Å².